The summed E-state index contributed by atoms with van der Waals surface area (Å²) in [5.74, 6) is -3.02. The minimum Gasteiger partial charge on any atom is -0.543 e. The summed E-state index contributed by atoms with van der Waals surface area (Å²) in [6, 6.07) is 5.82. The molecule has 0 spiro atoms. The quantitative estimate of drug-likeness (QED) is 0.118. The molecule has 2 saturated heterocycles. The van der Waals surface area contributed by atoms with Crippen LogP contribution in [0.5, 0.6) is 0 Å². The molecule has 3 aliphatic rings. The van der Waals surface area contributed by atoms with Crippen molar-refractivity contribution in [2.45, 2.75) is 31.3 Å². The van der Waals surface area contributed by atoms with Crippen LogP contribution in [0.2, 0.25) is 0 Å². The molecule has 1 aromatic heterocycles. The van der Waals surface area contributed by atoms with Gasteiger partial charge in [0.15, 0.2) is 0 Å². The van der Waals surface area contributed by atoms with Crippen molar-refractivity contribution >= 4 is 53.8 Å². The number of urea groups is 2. The molecule has 3 aliphatic heterocycles. The predicted octanol–water partition coefficient (Wildman–Crippen LogP) is -3.52. The maximum absolute atomic E-state index is 13.5. The summed E-state index contributed by atoms with van der Waals surface area (Å²) in [5, 5.41) is 25.2. The Bertz CT molecular complexity index is 1580. The zero-order valence-corrected chi connectivity index (χ0v) is 27.2. The number of carbonyl (C=O) groups is 6. The van der Waals surface area contributed by atoms with Gasteiger partial charge in [0.05, 0.1) is 31.0 Å². The Labute approximate surface area is 282 Å². The number of imide groups is 1. The summed E-state index contributed by atoms with van der Waals surface area (Å²) in [4.78, 5) is 77.6. The van der Waals surface area contributed by atoms with Crippen molar-refractivity contribution in [1.29, 1.82) is 0 Å². The van der Waals surface area contributed by atoms with Crippen LogP contribution in [0.15, 0.2) is 57.3 Å². The number of hydrazone groups is 1. The molecule has 0 bridgehead atoms. The number of rotatable bonds is 9. The molecule has 0 saturated carbocycles. The molecule has 1 unspecified atom stereocenters. The number of thioether (sulfide) groups is 1. The molecular formula is C27H26N7NaO9S. The van der Waals surface area contributed by atoms with E-state index in [1.54, 1.807) is 43.3 Å². The third kappa shape index (κ3) is 7.22. The number of aromatic nitrogens is 1. The van der Waals surface area contributed by atoms with Gasteiger partial charge in [-0.05, 0) is 12.5 Å². The number of carboxylic acid groups (broad SMARTS) is 1. The molecule has 16 nitrogen and oxygen atoms in total. The van der Waals surface area contributed by atoms with Crippen molar-refractivity contribution in [1.82, 2.24) is 30.6 Å². The van der Waals surface area contributed by atoms with Crippen molar-refractivity contribution in [2.24, 2.45) is 5.10 Å². The Morgan fingerprint density at radius 2 is 1.96 bits per heavy atom. The van der Waals surface area contributed by atoms with E-state index in [1.807, 2.05) is 0 Å². The number of hydrogen-bond acceptors (Lipinski definition) is 12. The molecule has 2 aromatic rings. The van der Waals surface area contributed by atoms with Crippen molar-refractivity contribution in [3.8, 4) is 0 Å². The molecule has 2 N–H and O–H groups in total. The van der Waals surface area contributed by atoms with E-state index in [4.69, 9.17) is 9.26 Å². The molecule has 5 rings (SSSR count). The standard InChI is InChI=1S/C27H27N7O9S.Na/c1-14-10-18(31-43-14)11-28-33-9-8-32(27(33)41)26(40)30-19(16-6-4-3-5-7-16)22(36)29-20-23(37)34-21(25(38)39)17(12-42-15(2)35)13-44-24(20)34;/h3-7,10-11,19-20,24H,8-9,12-13H2,1-2H3,(H,29,36)(H,30,40)(H,38,39);/q;+1/p-1/t19-,20?,24-;/m1./s1. The Morgan fingerprint density at radius 1 is 1.22 bits per heavy atom. The number of β-lactam (4-membered cyclic amide) rings is 1. The third-order valence-corrected chi connectivity index (χ3v) is 8.20. The smallest absolute Gasteiger partial charge is 0.543 e. The molecule has 0 radical (unpaired) electrons. The van der Waals surface area contributed by atoms with Crippen LogP contribution in [0.1, 0.15) is 30.0 Å². The minimum absolute atomic E-state index is 0. The van der Waals surface area contributed by atoms with Gasteiger partial charge in [-0.15, -0.1) is 11.8 Å². The summed E-state index contributed by atoms with van der Waals surface area (Å²) in [5.41, 5.74) is 0.554. The van der Waals surface area contributed by atoms with E-state index in [2.05, 4.69) is 20.9 Å². The summed E-state index contributed by atoms with van der Waals surface area (Å²) in [6.07, 6.45) is 1.32. The average molecular weight is 648 g/mol. The normalized spacial score (nSPS) is 19.9. The number of amides is 6. The Hall–Kier alpha value is -4.19. The second-order valence-corrected chi connectivity index (χ2v) is 11.0. The van der Waals surface area contributed by atoms with E-state index in [9.17, 15) is 33.9 Å². The van der Waals surface area contributed by atoms with E-state index in [0.29, 0.717) is 17.0 Å². The van der Waals surface area contributed by atoms with Gasteiger partial charge >= 0.3 is 47.6 Å². The second-order valence-electron chi connectivity index (χ2n) is 9.87. The SMILES string of the molecule is CC(=O)OCC1=C(C(=O)[O-])N2C(=O)C(NC(=O)[C@H](NC(=O)N3CCN(N=Cc4cc(C)on4)C3=O)c3ccccc3)[C@H]2SC1.[Na+]. The zero-order valence-electron chi connectivity index (χ0n) is 24.4. The number of aryl methyl sites for hydroxylation is 1. The number of benzene rings is 1. The van der Waals surface area contributed by atoms with E-state index in [0.717, 1.165) is 14.8 Å². The van der Waals surface area contributed by atoms with E-state index in [1.165, 1.54) is 24.9 Å². The molecule has 18 heteroatoms. The van der Waals surface area contributed by atoms with Crippen LogP contribution < -0.4 is 45.3 Å². The summed E-state index contributed by atoms with van der Waals surface area (Å²) >= 11 is 1.17. The molecule has 2 fully saturated rings. The van der Waals surface area contributed by atoms with Crippen LogP contribution in [0.4, 0.5) is 9.59 Å². The number of nitrogens with zero attached hydrogens (tertiary/aromatic N) is 5. The predicted molar refractivity (Wildman–Crippen MR) is 149 cm³/mol. The van der Waals surface area contributed by atoms with Crippen LogP contribution >= 0.6 is 11.8 Å². The second kappa shape index (κ2) is 14.3. The largest absolute Gasteiger partial charge is 1.00 e. The number of esters is 1. The van der Waals surface area contributed by atoms with Crippen LogP contribution in [0, 0.1) is 6.92 Å². The first-order valence-electron chi connectivity index (χ1n) is 13.3. The Balaban J connectivity index is 0.00000461. The first-order valence-corrected chi connectivity index (χ1v) is 14.3. The number of nitrogens with one attached hydrogen (secondary N) is 2. The van der Waals surface area contributed by atoms with Crippen LogP contribution in [-0.2, 0) is 23.9 Å². The minimum atomic E-state index is -1.62. The van der Waals surface area contributed by atoms with Crippen LogP contribution in [0.3, 0.4) is 0 Å². The van der Waals surface area contributed by atoms with E-state index >= 15 is 0 Å². The van der Waals surface area contributed by atoms with Gasteiger partial charge in [-0.25, -0.2) is 19.5 Å². The fraction of sp³-hybridized carbons (Fsp3) is 0.333. The van der Waals surface area contributed by atoms with E-state index in [-0.39, 0.29) is 60.6 Å². The molecule has 4 heterocycles. The van der Waals surface area contributed by atoms with Gasteiger partial charge in [0, 0.05) is 24.3 Å². The number of aliphatic carboxylic acids is 1. The summed E-state index contributed by atoms with van der Waals surface area (Å²) in [7, 11) is 0. The number of fused-ring (bicyclic) bond motifs is 1. The van der Waals surface area contributed by atoms with Gasteiger partial charge < -0.3 is 29.8 Å². The van der Waals surface area contributed by atoms with Gasteiger partial charge in [0.2, 0.25) is 5.91 Å². The fourth-order valence-electron chi connectivity index (χ4n) is 4.75. The maximum atomic E-state index is 13.5. The van der Waals surface area contributed by atoms with Gasteiger partial charge in [0.25, 0.3) is 5.91 Å². The van der Waals surface area contributed by atoms with Crippen molar-refractivity contribution < 1.29 is 72.7 Å². The van der Waals surface area contributed by atoms with Gasteiger partial charge in [-0.2, -0.15) is 5.10 Å². The topological polar surface area (TPSA) is 207 Å². The first-order chi connectivity index (χ1) is 21.0. The maximum Gasteiger partial charge on any atom is 1.00 e. The van der Waals surface area contributed by atoms with Gasteiger partial charge in [0.1, 0.15) is 35.5 Å². The van der Waals surface area contributed by atoms with Crippen molar-refractivity contribution in [2.75, 3.05) is 25.4 Å². The van der Waals surface area contributed by atoms with E-state index < -0.39 is 59.0 Å². The molecule has 45 heavy (non-hydrogen) atoms. The summed E-state index contributed by atoms with van der Waals surface area (Å²) in [6.45, 7) is 2.64. The molecule has 230 valence electrons. The monoisotopic (exact) mass is 647 g/mol. The summed E-state index contributed by atoms with van der Waals surface area (Å²) < 4.78 is 9.87. The fourth-order valence-corrected chi connectivity index (χ4v) is 6.08. The average Bonchev–Trinajstić information content (AvgIpc) is 3.60. The van der Waals surface area contributed by atoms with Crippen LogP contribution in [-0.4, -0.2) is 98.9 Å². The Morgan fingerprint density at radius 3 is 2.60 bits per heavy atom. The molecule has 1 aromatic carbocycles. The zero-order chi connectivity index (χ0) is 31.5. The van der Waals surface area contributed by atoms with Gasteiger partial charge in [-0.1, -0.05) is 35.5 Å². The number of ether oxygens (including phenoxy) is 1. The number of carbonyl (C=O) groups excluding carboxylic acids is 6. The molecule has 3 atom stereocenters. The molecule has 0 aliphatic carbocycles. The third-order valence-electron chi connectivity index (χ3n) is 6.86. The van der Waals surface area contributed by atoms with Gasteiger partial charge in [-0.3, -0.25) is 19.3 Å². The van der Waals surface area contributed by atoms with Crippen molar-refractivity contribution in [3.63, 3.8) is 0 Å². The molecule has 6 amide bonds. The first kappa shape index (κ1) is 33.7. The molecular weight excluding hydrogens is 621 g/mol. The van der Waals surface area contributed by atoms with Crippen LogP contribution in [0.25, 0.3) is 0 Å². The van der Waals surface area contributed by atoms with Crippen molar-refractivity contribution in [3.05, 3.63) is 64.7 Å². The number of carboxylic acids is 1. The Kier molecular flexibility index (Phi) is 10.7. The number of hydrogen-bond donors (Lipinski definition) is 2.